The summed E-state index contributed by atoms with van der Waals surface area (Å²) in [4.78, 5) is 12.9. The first-order chi connectivity index (χ1) is 7.00. The summed E-state index contributed by atoms with van der Waals surface area (Å²) in [6.45, 7) is 0. The van der Waals surface area contributed by atoms with Crippen LogP contribution in [-0.2, 0) is 11.0 Å². The molecule has 1 aromatic carbocycles. The molecule has 0 heterocycles. The number of halogens is 3. The Morgan fingerprint density at radius 1 is 1.40 bits per heavy atom. The number of hydrogen-bond acceptors (Lipinski definition) is 3. The van der Waals surface area contributed by atoms with E-state index in [1.165, 1.54) is 6.07 Å². The van der Waals surface area contributed by atoms with Gasteiger partial charge in [-0.3, -0.25) is 0 Å². The molecular weight excluding hydrogens is 211 g/mol. The number of methoxy groups -OCH3 is 1. The second-order valence-electron chi connectivity index (χ2n) is 2.56. The molecule has 0 amide bonds. The molecule has 0 saturated carbocycles. The molecule has 6 heteroatoms. The molecule has 0 aliphatic rings. The Hall–Kier alpha value is -1.81. The van der Waals surface area contributed by atoms with Crippen molar-refractivity contribution in [3.05, 3.63) is 23.8 Å². The molecule has 0 aliphatic carbocycles. The molecule has 0 atom stereocenters. The number of aliphatic imine (C=N–C) groups is 1. The van der Waals surface area contributed by atoms with Gasteiger partial charge in [-0.05, 0) is 12.1 Å². The summed E-state index contributed by atoms with van der Waals surface area (Å²) in [7, 11) is 1.11. The van der Waals surface area contributed by atoms with Crippen LogP contribution in [0, 0.1) is 0 Å². The molecule has 15 heavy (non-hydrogen) atoms. The zero-order valence-electron chi connectivity index (χ0n) is 7.63. The minimum absolute atomic E-state index is 0.376. The molecule has 0 bridgehead atoms. The fraction of sp³-hybridized carbons (Fsp3) is 0.222. The number of alkyl halides is 3. The summed E-state index contributed by atoms with van der Waals surface area (Å²) in [6, 6.07) is 3.52. The van der Waals surface area contributed by atoms with Gasteiger partial charge in [0.25, 0.3) is 0 Å². The van der Waals surface area contributed by atoms with Gasteiger partial charge in [0.05, 0.1) is 12.8 Å². The van der Waals surface area contributed by atoms with Crippen molar-refractivity contribution >= 4 is 11.8 Å². The second kappa shape index (κ2) is 4.14. The van der Waals surface area contributed by atoms with Crippen molar-refractivity contribution < 1.29 is 22.7 Å². The highest BCUT2D eigenvalue weighted by molar-refractivity contribution is 5.59. The summed E-state index contributed by atoms with van der Waals surface area (Å²) in [5.41, 5.74) is -1.58. The van der Waals surface area contributed by atoms with Gasteiger partial charge in [0, 0.05) is 0 Å². The van der Waals surface area contributed by atoms with E-state index in [1.54, 1.807) is 0 Å². The van der Waals surface area contributed by atoms with Crippen LogP contribution in [0.15, 0.2) is 23.2 Å². The van der Waals surface area contributed by atoms with Crippen molar-refractivity contribution in [1.29, 1.82) is 0 Å². The minimum atomic E-state index is -4.62. The van der Waals surface area contributed by atoms with Crippen LogP contribution in [0.2, 0.25) is 0 Å². The standard InChI is InChI=1S/C9H6F3NO2/c1-15-7-4-2-3-6(13-5-14)8(7)9(10,11)12/h2-4H,1H3. The monoisotopic (exact) mass is 217 g/mol. The summed E-state index contributed by atoms with van der Waals surface area (Å²) >= 11 is 0. The number of rotatable bonds is 2. The third-order valence-electron chi connectivity index (χ3n) is 1.67. The largest absolute Gasteiger partial charge is 0.496 e. The topological polar surface area (TPSA) is 38.7 Å². The lowest BCUT2D eigenvalue weighted by atomic mass is 10.1. The number of carbonyl (C=O) groups excluding carboxylic acids is 1. The predicted molar refractivity (Wildman–Crippen MR) is 45.8 cm³/mol. The molecule has 0 radical (unpaired) electrons. The lowest BCUT2D eigenvalue weighted by molar-refractivity contribution is -0.138. The first kappa shape index (κ1) is 11.3. The maximum Gasteiger partial charge on any atom is 0.422 e. The fourth-order valence-corrected chi connectivity index (χ4v) is 1.12. The van der Waals surface area contributed by atoms with Gasteiger partial charge in [0.2, 0.25) is 6.08 Å². The van der Waals surface area contributed by atoms with Crippen LogP contribution >= 0.6 is 0 Å². The molecule has 0 aromatic heterocycles. The summed E-state index contributed by atoms with van der Waals surface area (Å²) in [6.07, 6.45) is -3.56. The van der Waals surface area contributed by atoms with Crippen LogP contribution in [0.1, 0.15) is 5.56 Å². The zero-order valence-corrected chi connectivity index (χ0v) is 7.63. The normalized spacial score (nSPS) is 10.7. The maximum absolute atomic E-state index is 12.5. The highest BCUT2D eigenvalue weighted by Crippen LogP contribution is 2.42. The Morgan fingerprint density at radius 3 is 2.53 bits per heavy atom. The number of hydrogen-bond donors (Lipinski definition) is 0. The highest BCUT2D eigenvalue weighted by Gasteiger charge is 2.37. The van der Waals surface area contributed by atoms with Gasteiger partial charge in [0.1, 0.15) is 11.3 Å². The average molecular weight is 217 g/mol. The van der Waals surface area contributed by atoms with Gasteiger partial charge >= 0.3 is 6.18 Å². The van der Waals surface area contributed by atoms with E-state index in [2.05, 4.69) is 9.73 Å². The highest BCUT2D eigenvalue weighted by atomic mass is 19.4. The molecule has 0 unspecified atom stereocenters. The van der Waals surface area contributed by atoms with Crippen molar-refractivity contribution in [2.45, 2.75) is 6.18 Å². The summed E-state index contributed by atoms with van der Waals surface area (Å²) < 4.78 is 42.2. The van der Waals surface area contributed by atoms with Gasteiger partial charge in [-0.2, -0.15) is 18.2 Å². The smallest absolute Gasteiger partial charge is 0.422 e. The molecule has 0 fully saturated rings. The molecule has 0 aliphatic heterocycles. The SMILES string of the molecule is COc1cccc(N=C=O)c1C(F)(F)F. The molecular formula is C9H6F3NO2. The maximum atomic E-state index is 12.5. The van der Waals surface area contributed by atoms with Crippen LogP contribution in [0.3, 0.4) is 0 Å². The lowest BCUT2D eigenvalue weighted by Crippen LogP contribution is -2.07. The van der Waals surface area contributed by atoms with Crippen molar-refractivity contribution in [1.82, 2.24) is 0 Å². The Balaban J connectivity index is 3.47. The Labute approximate surface area is 83.2 Å². The fourth-order valence-electron chi connectivity index (χ4n) is 1.12. The number of benzene rings is 1. The Bertz CT molecular complexity index is 408. The van der Waals surface area contributed by atoms with Crippen molar-refractivity contribution in [3.8, 4) is 5.75 Å². The van der Waals surface area contributed by atoms with E-state index >= 15 is 0 Å². The van der Waals surface area contributed by atoms with E-state index in [1.807, 2.05) is 0 Å². The first-order valence-electron chi connectivity index (χ1n) is 3.82. The van der Waals surface area contributed by atoms with Gasteiger partial charge in [-0.25, -0.2) is 4.79 Å². The number of isocyanates is 1. The van der Waals surface area contributed by atoms with E-state index in [0.29, 0.717) is 0 Å². The molecule has 0 spiro atoms. The number of nitrogens with zero attached hydrogens (tertiary/aromatic N) is 1. The van der Waals surface area contributed by atoms with Gasteiger partial charge in [0.15, 0.2) is 0 Å². The zero-order chi connectivity index (χ0) is 11.5. The van der Waals surface area contributed by atoms with E-state index in [9.17, 15) is 18.0 Å². The van der Waals surface area contributed by atoms with Crippen molar-refractivity contribution in [2.24, 2.45) is 4.99 Å². The van der Waals surface area contributed by atoms with Gasteiger partial charge < -0.3 is 4.74 Å². The summed E-state index contributed by atoms with van der Waals surface area (Å²) in [5, 5.41) is 0. The Morgan fingerprint density at radius 2 is 2.07 bits per heavy atom. The van der Waals surface area contributed by atoms with Crippen LogP contribution < -0.4 is 4.74 Å². The van der Waals surface area contributed by atoms with E-state index in [0.717, 1.165) is 25.3 Å². The number of ether oxygens (including phenoxy) is 1. The lowest BCUT2D eigenvalue weighted by Gasteiger charge is -2.12. The Kier molecular flexibility index (Phi) is 3.11. The third-order valence-corrected chi connectivity index (χ3v) is 1.67. The minimum Gasteiger partial charge on any atom is -0.496 e. The van der Waals surface area contributed by atoms with E-state index < -0.39 is 17.4 Å². The molecule has 3 nitrogen and oxygen atoms in total. The quantitative estimate of drug-likeness (QED) is 0.564. The van der Waals surface area contributed by atoms with E-state index in [-0.39, 0.29) is 5.75 Å². The molecule has 0 saturated heterocycles. The molecule has 0 N–H and O–H groups in total. The van der Waals surface area contributed by atoms with Crippen molar-refractivity contribution in [2.75, 3.05) is 7.11 Å². The average Bonchev–Trinajstić information content (AvgIpc) is 2.16. The van der Waals surface area contributed by atoms with Crippen LogP contribution in [0.4, 0.5) is 18.9 Å². The molecule has 1 rings (SSSR count). The predicted octanol–water partition coefficient (Wildman–Crippen LogP) is 2.68. The van der Waals surface area contributed by atoms with Gasteiger partial charge in [-0.1, -0.05) is 6.07 Å². The van der Waals surface area contributed by atoms with Crippen LogP contribution in [0.5, 0.6) is 5.75 Å². The van der Waals surface area contributed by atoms with E-state index in [4.69, 9.17) is 0 Å². The van der Waals surface area contributed by atoms with Crippen LogP contribution in [0.25, 0.3) is 0 Å². The summed E-state index contributed by atoms with van der Waals surface area (Å²) in [5.74, 6) is -0.376. The first-order valence-corrected chi connectivity index (χ1v) is 3.82. The molecule has 80 valence electrons. The second-order valence-corrected chi connectivity index (χ2v) is 2.56. The molecule has 1 aromatic rings. The van der Waals surface area contributed by atoms with Gasteiger partial charge in [-0.15, -0.1) is 0 Å². The van der Waals surface area contributed by atoms with Crippen molar-refractivity contribution in [3.63, 3.8) is 0 Å². The van der Waals surface area contributed by atoms with Crippen LogP contribution in [-0.4, -0.2) is 13.2 Å². The third kappa shape index (κ3) is 2.35.